The molecule has 0 aliphatic heterocycles. The van der Waals surface area contributed by atoms with Crippen LogP contribution in [0.1, 0.15) is 27.7 Å². The van der Waals surface area contributed by atoms with Crippen LogP contribution < -0.4 is 0 Å². The number of hydrogen-bond donors (Lipinski definition) is 1. The number of aliphatic hydroxyl groups is 1. The van der Waals surface area contributed by atoms with Gasteiger partial charge in [0.15, 0.2) is 0 Å². The first-order valence-corrected chi connectivity index (χ1v) is 5.18. The van der Waals surface area contributed by atoms with Crippen LogP contribution in [0.3, 0.4) is 0 Å². The molecule has 0 aliphatic rings. The van der Waals surface area contributed by atoms with Crippen LogP contribution in [0.2, 0.25) is 0 Å². The van der Waals surface area contributed by atoms with E-state index in [1.54, 1.807) is 7.11 Å². The monoisotopic (exact) mass is 208 g/mol. The van der Waals surface area contributed by atoms with Gasteiger partial charge in [0.2, 0.25) is 0 Å². The van der Waals surface area contributed by atoms with Gasteiger partial charge in [0.05, 0.1) is 12.2 Å². The van der Waals surface area contributed by atoms with Gasteiger partial charge in [-0.2, -0.15) is 0 Å². The number of halogens is 1. The summed E-state index contributed by atoms with van der Waals surface area (Å²) in [7, 11) is 1.67. The van der Waals surface area contributed by atoms with Gasteiger partial charge in [0.25, 0.3) is 0 Å². The third kappa shape index (κ3) is 3.12. The molecule has 0 aromatic carbocycles. The highest BCUT2D eigenvalue weighted by Gasteiger charge is 2.37. The van der Waals surface area contributed by atoms with E-state index in [0.29, 0.717) is 5.92 Å². The van der Waals surface area contributed by atoms with E-state index in [-0.39, 0.29) is 17.4 Å². The normalized spacial score (nSPS) is 17.5. The van der Waals surface area contributed by atoms with E-state index in [2.05, 4.69) is 13.8 Å². The molecule has 0 aromatic rings. The highest BCUT2D eigenvalue weighted by atomic mass is 35.5. The molecular formula is C10H21ClO2. The SMILES string of the molecule is COC(C(C)C)C(C)(C)C(O)CCl. The van der Waals surface area contributed by atoms with E-state index in [9.17, 15) is 5.11 Å². The lowest BCUT2D eigenvalue weighted by Gasteiger charge is -2.38. The zero-order valence-corrected chi connectivity index (χ0v) is 9.93. The van der Waals surface area contributed by atoms with Crippen LogP contribution in [0.25, 0.3) is 0 Å². The van der Waals surface area contributed by atoms with Gasteiger partial charge in [-0.3, -0.25) is 0 Å². The first-order chi connectivity index (χ1) is 5.87. The molecule has 2 atom stereocenters. The Labute approximate surface area is 86.2 Å². The average molecular weight is 209 g/mol. The van der Waals surface area contributed by atoms with Crippen molar-refractivity contribution in [2.45, 2.75) is 39.9 Å². The second-order valence-corrected chi connectivity index (χ2v) is 4.70. The first-order valence-electron chi connectivity index (χ1n) is 4.64. The quantitative estimate of drug-likeness (QED) is 0.703. The van der Waals surface area contributed by atoms with Gasteiger partial charge >= 0.3 is 0 Å². The minimum atomic E-state index is -0.526. The molecule has 0 rings (SSSR count). The Bertz CT molecular complexity index is 146. The fraction of sp³-hybridized carbons (Fsp3) is 1.00. The third-order valence-corrected chi connectivity index (χ3v) is 2.89. The maximum absolute atomic E-state index is 9.72. The minimum absolute atomic E-state index is 0.0289. The first kappa shape index (κ1) is 13.2. The van der Waals surface area contributed by atoms with Crippen LogP contribution in [-0.2, 0) is 4.74 Å². The van der Waals surface area contributed by atoms with Crippen molar-refractivity contribution >= 4 is 11.6 Å². The van der Waals surface area contributed by atoms with Crippen molar-refractivity contribution < 1.29 is 9.84 Å². The predicted octanol–water partition coefficient (Wildman–Crippen LogP) is 2.28. The number of ether oxygens (including phenoxy) is 1. The third-order valence-electron chi connectivity index (χ3n) is 2.60. The molecule has 0 bridgehead atoms. The molecule has 0 radical (unpaired) electrons. The predicted molar refractivity (Wildman–Crippen MR) is 56.1 cm³/mol. The molecule has 2 unspecified atom stereocenters. The lowest BCUT2D eigenvalue weighted by Crippen LogP contribution is -2.45. The Morgan fingerprint density at radius 3 is 2.08 bits per heavy atom. The van der Waals surface area contributed by atoms with Gasteiger partial charge < -0.3 is 9.84 Å². The molecule has 0 fully saturated rings. The van der Waals surface area contributed by atoms with Crippen LogP contribution >= 0.6 is 11.6 Å². The van der Waals surface area contributed by atoms with Gasteiger partial charge in [0, 0.05) is 18.4 Å². The number of methoxy groups -OCH3 is 1. The number of aliphatic hydroxyl groups excluding tert-OH is 1. The molecule has 0 aliphatic carbocycles. The molecule has 1 N–H and O–H groups in total. The average Bonchev–Trinajstić information content (AvgIpc) is 2.02. The van der Waals surface area contributed by atoms with Crippen LogP contribution in [-0.4, -0.2) is 30.3 Å². The Morgan fingerprint density at radius 1 is 1.38 bits per heavy atom. The highest BCUT2D eigenvalue weighted by molar-refractivity contribution is 6.18. The Morgan fingerprint density at radius 2 is 1.85 bits per heavy atom. The lowest BCUT2D eigenvalue weighted by molar-refractivity contribution is -0.0805. The molecule has 3 heteroatoms. The molecule has 80 valence electrons. The van der Waals surface area contributed by atoms with Crippen LogP contribution in [0.4, 0.5) is 0 Å². The fourth-order valence-electron chi connectivity index (χ4n) is 1.82. The molecule has 13 heavy (non-hydrogen) atoms. The van der Waals surface area contributed by atoms with Crippen molar-refractivity contribution in [2.24, 2.45) is 11.3 Å². The van der Waals surface area contributed by atoms with E-state index in [0.717, 1.165) is 0 Å². The molecule has 0 saturated carbocycles. The summed E-state index contributed by atoms with van der Waals surface area (Å²) in [5, 5.41) is 9.72. The summed E-state index contributed by atoms with van der Waals surface area (Å²) < 4.78 is 5.38. The maximum atomic E-state index is 9.72. The lowest BCUT2D eigenvalue weighted by atomic mass is 9.76. The van der Waals surface area contributed by atoms with Crippen molar-refractivity contribution in [1.29, 1.82) is 0 Å². The van der Waals surface area contributed by atoms with Gasteiger partial charge in [0.1, 0.15) is 0 Å². The summed E-state index contributed by atoms with van der Waals surface area (Å²) in [6.45, 7) is 8.12. The fourth-order valence-corrected chi connectivity index (χ4v) is 2.22. The topological polar surface area (TPSA) is 29.5 Å². The van der Waals surface area contributed by atoms with Crippen molar-refractivity contribution in [3.8, 4) is 0 Å². The molecule has 0 amide bonds. The summed E-state index contributed by atoms with van der Waals surface area (Å²) in [5.41, 5.74) is -0.301. The number of hydrogen-bond acceptors (Lipinski definition) is 2. The summed E-state index contributed by atoms with van der Waals surface area (Å²) in [6, 6.07) is 0. The molecule has 0 saturated heterocycles. The van der Waals surface area contributed by atoms with Crippen LogP contribution in [0.15, 0.2) is 0 Å². The molecule has 0 aromatic heterocycles. The largest absolute Gasteiger partial charge is 0.391 e. The van der Waals surface area contributed by atoms with Crippen molar-refractivity contribution in [2.75, 3.05) is 13.0 Å². The zero-order chi connectivity index (χ0) is 10.6. The molecular weight excluding hydrogens is 188 g/mol. The second kappa shape index (κ2) is 5.18. The summed E-state index contributed by atoms with van der Waals surface area (Å²) in [5.74, 6) is 0.623. The Kier molecular flexibility index (Phi) is 5.26. The van der Waals surface area contributed by atoms with Crippen molar-refractivity contribution in [1.82, 2.24) is 0 Å². The highest BCUT2D eigenvalue weighted by Crippen LogP contribution is 2.32. The Hall–Kier alpha value is 0.210. The zero-order valence-electron chi connectivity index (χ0n) is 9.17. The van der Waals surface area contributed by atoms with Gasteiger partial charge in [-0.1, -0.05) is 27.7 Å². The van der Waals surface area contributed by atoms with Crippen LogP contribution in [0.5, 0.6) is 0 Å². The summed E-state index contributed by atoms with van der Waals surface area (Å²) in [6.07, 6.45) is -0.497. The second-order valence-electron chi connectivity index (χ2n) is 4.39. The van der Waals surface area contributed by atoms with Gasteiger partial charge in [-0.05, 0) is 5.92 Å². The minimum Gasteiger partial charge on any atom is -0.391 e. The van der Waals surface area contributed by atoms with Crippen LogP contribution in [0, 0.1) is 11.3 Å². The van der Waals surface area contributed by atoms with Crippen molar-refractivity contribution in [3.63, 3.8) is 0 Å². The molecule has 0 spiro atoms. The van der Waals surface area contributed by atoms with E-state index in [4.69, 9.17) is 16.3 Å². The summed E-state index contributed by atoms with van der Waals surface area (Å²) >= 11 is 5.64. The standard InChI is InChI=1S/C10H21ClO2/c1-7(2)9(13-5)10(3,4)8(12)6-11/h7-9,12H,6H2,1-5H3. The number of alkyl halides is 1. The molecule has 2 nitrogen and oxygen atoms in total. The Balaban J connectivity index is 4.55. The van der Waals surface area contributed by atoms with E-state index >= 15 is 0 Å². The van der Waals surface area contributed by atoms with Gasteiger partial charge in [-0.25, -0.2) is 0 Å². The van der Waals surface area contributed by atoms with E-state index in [1.807, 2.05) is 13.8 Å². The van der Waals surface area contributed by atoms with Gasteiger partial charge in [-0.15, -0.1) is 11.6 Å². The smallest absolute Gasteiger partial charge is 0.0751 e. The maximum Gasteiger partial charge on any atom is 0.0751 e. The van der Waals surface area contributed by atoms with E-state index in [1.165, 1.54) is 0 Å². The molecule has 0 heterocycles. The number of rotatable bonds is 5. The van der Waals surface area contributed by atoms with E-state index < -0.39 is 6.10 Å². The summed E-state index contributed by atoms with van der Waals surface area (Å²) in [4.78, 5) is 0. The van der Waals surface area contributed by atoms with Crippen molar-refractivity contribution in [3.05, 3.63) is 0 Å².